The Kier molecular flexibility index (Phi) is 2.62. The van der Waals surface area contributed by atoms with E-state index in [9.17, 15) is 4.79 Å². The first kappa shape index (κ1) is 13.6. The van der Waals surface area contributed by atoms with Crippen LogP contribution in [0.2, 0.25) is 5.02 Å². The van der Waals surface area contributed by atoms with E-state index in [2.05, 4.69) is 0 Å². The van der Waals surface area contributed by atoms with Crippen LogP contribution in [0.3, 0.4) is 0 Å². The van der Waals surface area contributed by atoms with Crippen molar-refractivity contribution in [2.24, 2.45) is 0 Å². The molecule has 116 valence electrons. The van der Waals surface area contributed by atoms with Crippen molar-refractivity contribution < 1.29 is 14.3 Å². The van der Waals surface area contributed by atoms with Crippen LogP contribution in [-0.4, -0.2) is 5.97 Å². The number of para-hydroxylation sites is 1. The third kappa shape index (κ3) is 1.60. The summed E-state index contributed by atoms with van der Waals surface area (Å²) in [5.74, 6) is 0.979. The summed E-state index contributed by atoms with van der Waals surface area (Å²) in [5, 5.41) is 0.566. The van der Waals surface area contributed by atoms with Gasteiger partial charge >= 0.3 is 5.97 Å². The smallest absolute Gasteiger partial charge is 0.340 e. The van der Waals surface area contributed by atoms with Crippen LogP contribution in [-0.2, 0) is 10.3 Å². The molecule has 0 radical (unpaired) electrons. The van der Waals surface area contributed by atoms with Crippen molar-refractivity contribution in [1.82, 2.24) is 0 Å². The van der Waals surface area contributed by atoms with Crippen LogP contribution in [0.5, 0.6) is 11.5 Å². The normalized spacial score (nSPS) is 20.0. The molecular formula is C20H11ClO3. The van der Waals surface area contributed by atoms with E-state index in [0.29, 0.717) is 22.1 Å². The molecule has 2 aliphatic rings. The summed E-state index contributed by atoms with van der Waals surface area (Å²) < 4.78 is 12.0. The summed E-state index contributed by atoms with van der Waals surface area (Å²) >= 11 is 6.23. The highest BCUT2D eigenvalue weighted by atomic mass is 35.5. The number of carbonyl (C=O) groups excluding carboxylic acids is 1. The number of hydrogen-bond acceptors (Lipinski definition) is 3. The highest BCUT2D eigenvalue weighted by Crippen LogP contribution is 2.56. The summed E-state index contributed by atoms with van der Waals surface area (Å²) in [6.45, 7) is 0. The molecule has 1 spiro atoms. The Balaban J connectivity index is 1.93. The van der Waals surface area contributed by atoms with Gasteiger partial charge in [0.15, 0.2) is 5.60 Å². The predicted molar refractivity (Wildman–Crippen MR) is 89.7 cm³/mol. The Hall–Kier alpha value is -2.78. The van der Waals surface area contributed by atoms with Crippen molar-refractivity contribution in [3.8, 4) is 11.5 Å². The van der Waals surface area contributed by atoms with Gasteiger partial charge in [-0.25, -0.2) is 4.79 Å². The van der Waals surface area contributed by atoms with Gasteiger partial charge in [-0.15, -0.1) is 0 Å². The summed E-state index contributed by atoms with van der Waals surface area (Å²) in [4.78, 5) is 12.5. The molecule has 2 heterocycles. The van der Waals surface area contributed by atoms with Crippen LogP contribution in [0.1, 0.15) is 27.0 Å². The number of benzene rings is 3. The number of halogens is 1. The number of rotatable bonds is 0. The zero-order valence-corrected chi connectivity index (χ0v) is 13.2. The molecule has 0 saturated carbocycles. The van der Waals surface area contributed by atoms with Gasteiger partial charge in [-0.3, -0.25) is 0 Å². The third-order valence-corrected chi connectivity index (χ3v) is 4.81. The molecule has 2 aliphatic heterocycles. The summed E-state index contributed by atoms with van der Waals surface area (Å²) in [6, 6.07) is 20.5. The maximum atomic E-state index is 12.5. The highest BCUT2D eigenvalue weighted by molar-refractivity contribution is 6.30. The Labute approximate surface area is 143 Å². The summed E-state index contributed by atoms with van der Waals surface area (Å²) in [7, 11) is 0. The van der Waals surface area contributed by atoms with Crippen LogP contribution in [0.15, 0.2) is 66.7 Å². The molecule has 4 heteroatoms. The van der Waals surface area contributed by atoms with Gasteiger partial charge in [0, 0.05) is 21.7 Å². The molecule has 24 heavy (non-hydrogen) atoms. The maximum absolute atomic E-state index is 12.5. The van der Waals surface area contributed by atoms with Crippen molar-refractivity contribution in [3.63, 3.8) is 0 Å². The van der Waals surface area contributed by atoms with Crippen LogP contribution in [0, 0.1) is 0 Å². The highest BCUT2D eigenvalue weighted by Gasteiger charge is 2.53. The number of esters is 1. The molecule has 3 aromatic carbocycles. The van der Waals surface area contributed by atoms with Gasteiger partial charge in [0.2, 0.25) is 0 Å². The van der Waals surface area contributed by atoms with Gasteiger partial charge in [-0.2, -0.15) is 0 Å². The van der Waals surface area contributed by atoms with E-state index in [4.69, 9.17) is 21.1 Å². The molecule has 5 rings (SSSR count). The molecule has 0 aromatic heterocycles. The van der Waals surface area contributed by atoms with Gasteiger partial charge < -0.3 is 9.47 Å². The molecule has 0 N–H and O–H groups in total. The third-order valence-electron chi connectivity index (χ3n) is 4.58. The van der Waals surface area contributed by atoms with Crippen molar-refractivity contribution in [2.45, 2.75) is 5.60 Å². The van der Waals surface area contributed by atoms with Crippen LogP contribution < -0.4 is 4.74 Å². The fourth-order valence-electron chi connectivity index (χ4n) is 3.59. The van der Waals surface area contributed by atoms with E-state index >= 15 is 0 Å². The molecule has 0 aliphatic carbocycles. The lowest BCUT2D eigenvalue weighted by atomic mass is 9.78. The van der Waals surface area contributed by atoms with E-state index in [-0.39, 0.29) is 5.97 Å². The zero-order valence-electron chi connectivity index (χ0n) is 12.5. The first-order valence-electron chi connectivity index (χ1n) is 7.60. The largest absolute Gasteiger partial charge is 0.456 e. The first-order chi connectivity index (χ1) is 11.7. The molecular weight excluding hydrogens is 324 g/mol. The van der Waals surface area contributed by atoms with Crippen molar-refractivity contribution in [2.75, 3.05) is 0 Å². The Morgan fingerprint density at radius 2 is 1.50 bits per heavy atom. The second-order valence-corrected chi connectivity index (χ2v) is 6.29. The van der Waals surface area contributed by atoms with Gasteiger partial charge in [0.25, 0.3) is 0 Å². The first-order valence-corrected chi connectivity index (χ1v) is 7.98. The molecule has 0 amide bonds. The van der Waals surface area contributed by atoms with Crippen LogP contribution in [0.25, 0.3) is 0 Å². The molecule has 1 unspecified atom stereocenters. The minimum absolute atomic E-state index is 0.340. The zero-order chi connectivity index (χ0) is 16.3. The Morgan fingerprint density at radius 3 is 2.38 bits per heavy atom. The maximum Gasteiger partial charge on any atom is 0.340 e. The van der Waals surface area contributed by atoms with Gasteiger partial charge in [0.1, 0.15) is 11.5 Å². The quantitative estimate of drug-likeness (QED) is 0.548. The van der Waals surface area contributed by atoms with Crippen molar-refractivity contribution in [1.29, 1.82) is 0 Å². The lowest BCUT2D eigenvalue weighted by Crippen LogP contribution is -2.32. The van der Waals surface area contributed by atoms with Gasteiger partial charge in [-0.1, -0.05) is 48.0 Å². The fraction of sp³-hybridized carbons (Fsp3) is 0.0500. The minimum atomic E-state index is -1.03. The second-order valence-electron chi connectivity index (χ2n) is 5.85. The number of carbonyl (C=O) groups is 1. The molecule has 3 nitrogen and oxygen atoms in total. The van der Waals surface area contributed by atoms with Gasteiger partial charge in [0.05, 0.1) is 5.56 Å². The molecule has 0 bridgehead atoms. The van der Waals surface area contributed by atoms with E-state index < -0.39 is 5.60 Å². The molecule has 1 atom stereocenters. The molecule has 3 aromatic rings. The van der Waals surface area contributed by atoms with E-state index in [1.165, 1.54) is 0 Å². The fourth-order valence-corrected chi connectivity index (χ4v) is 3.77. The van der Waals surface area contributed by atoms with E-state index in [0.717, 1.165) is 16.7 Å². The minimum Gasteiger partial charge on any atom is -0.456 e. The number of fused-ring (bicyclic) bond motifs is 6. The summed E-state index contributed by atoms with van der Waals surface area (Å²) in [6.07, 6.45) is 0. The summed E-state index contributed by atoms with van der Waals surface area (Å²) in [5.41, 5.74) is 1.91. The van der Waals surface area contributed by atoms with E-state index in [1.807, 2.05) is 54.6 Å². The number of ether oxygens (including phenoxy) is 2. The number of hydrogen-bond donors (Lipinski definition) is 0. The van der Waals surface area contributed by atoms with Crippen LogP contribution in [0.4, 0.5) is 0 Å². The SMILES string of the molecule is O=C1OC2(c3ccccc3Oc3ccc(Cl)cc32)c2ccccc21. The predicted octanol–water partition coefficient (Wildman–Crippen LogP) is 4.91. The molecule has 0 fully saturated rings. The lowest BCUT2D eigenvalue weighted by Gasteiger charge is -2.36. The van der Waals surface area contributed by atoms with Crippen molar-refractivity contribution >= 4 is 17.6 Å². The standard InChI is InChI=1S/C20H11ClO3/c21-12-9-10-18-16(11-12)20(15-7-3-4-8-17(15)23-18)14-6-2-1-5-13(14)19(22)24-20/h1-11H. The van der Waals surface area contributed by atoms with Crippen LogP contribution >= 0.6 is 11.6 Å². The Bertz CT molecular complexity index is 1010. The van der Waals surface area contributed by atoms with E-state index in [1.54, 1.807) is 12.1 Å². The second kappa shape index (κ2) is 4.62. The lowest BCUT2D eigenvalue weighted by molar-refractivity contribution is 0.0224. The monoisotopic (exact) mass is 334 g/mol. The topological polar surface area (TPSA) is 35.5 Å². The van der Waals surface area contributed by atoms with Crippen molar-refractivity contribution in [3.05, 3.63) is 94.0 Å². The molecule has 0 saturated heterocycles. The average Bonchev–Trinajstić information content (AvgIpc) is 2.90. The Morgan fingerprint density at radius 1 is 0.792 bits per heavy atom. The average molecular weight is 335 g/mol. The van der Waals surface area contributed by atoms with Gasteiger partial charge in [-0.05, 0) is 30.3 Å².